The first-order chi connectivity index (χ1) is 12.7. The number of anilines is 1. The molecule has 0 unspecified atom stereocenters. The molecule has 3 N–H and O–H groups in total. The fraction of sp³-hybridized carbons (Fsp3) is 0.333. The molecule has 1 fully saturated rings. The van der Waals surface area contributed by atoms with Crippen molar-refractivity contribution in [2.24, 2.45) is 0 Å². The Balaban J connectivity index is 1.39. The molecule has 1 aliphatic heterocycles. The van der Waals surface area contributed by atoms with Gasteiger partial charge < -0.3 is 10.2 Å². The van der Waals surface area contributed by atoms with Crippen molar-refractivity contribution in [3.05, 3.63) is 48.2 Å². The Bertz CT molecular complexity index is 869. The molecule has 8 heteroatoms. The van der Waals surface area contributed by atoms with Crippen molar-refractivity contribution in [3.8, 4) is 11.3 Å². The fourth-order valence-electron chi connectivity index (χ4n) is 3.27. The normalized spacial score (nSPS) is 17.3. The van der Waals surface area contributed by atoms with Crippen LogP contribution < -0.4 is 5.32 Å². The molecule has 134 valence electrons. The quantitative estimate of drug-likeness (QED) is 0.675. The number of nitrogens with one attached hydrogen (secondary N) is 3. The Morgan fingerprint density at radius 1 is 1.23 bits per heavy atom. The number of nitrogens with zero attached hydrogens (tertiary/aromatic N) is 4. The number of carbonyl (C=O) groups excluding carboxylic acids is 1. The monoisotopic (exact) mass is 351 g/mol. The van der Waals surface area contributed by atoms with Crippen molar-refractivity contribution in [2.75, 3.05) is 18.4 Å². The predicted octanol–water partition coefficient (Wildman–Crippen LogP) is 2.91. The Kier molecular flexibility index (Phi) is 4.39. The first kappa shape index (κ1) is 16.3. The molecule has 4 rings (SSSR count). The van der Waals surface area contributed by atoms with E-state index in [1.54, 1.807) is 6.20 Å². The van der Waals surface area contributed by atoms with Crippen LogP contribution in [0.1, 0.15) is 30.4 Å². The maximum Gasteiger partial charge on any atom is 0.321 e. The number of carbonyl (C=O) groups is 1. The van der Waals surface area contributed by atoms with Gasteiger partial charge in [-0.3, -0.25) is 10.2 Å². The molecule has 2 amide bonds. The summed E-state index contributed by atoms with van der Waals surface area (Å²) >= 11 is 0. The van der Waals surface area contributed by atoms with Crippen molar-refractivity contribution in [2.45, 2.75) is 25.7 Å². The molecule has 0 bridgehead atoms. The van der Waals surface area contributed by atoms with Crippen LogP contribution in [0.3, 0.4) is 0 Å². The van der Waals surface area contributed by atoms with Crippen LogP contribution in [0.25, 0.3) is 11.3 Å². The van der Waals surface area contributed by atoms with Crippen LogP contribution in [0.5, 0.6) is 0 Å². The molecule has 26 heavy (non-hydrogen) atoms. The number of aryl methyl sites for hydroxylation is 1. The van der Waals surface area contributed by atoms with Crippen molar-refractivity contribution < 1.29 is 4.79 Å². The lowest BCUT2D eigenvalue weighted by molar-refractivity contribution is 0.191. The van der Waals surface area contributed by atoms with Crippen molar-refractivity contribution in [1.29, 1.82) is 0 Å². The highest BCUT2D eigenvalue weighted by atomic mass is 16.2. The maximum atomic E-state index is 12.6. The van der Waals surface area contributed by atoms with E-state index in [0.29, 0.717) is 6.54 Å². The summed E-state index contributed by atoms with van der Waals surface area (Å²) in [6.45, 7) is 3.27. The smallest absolute Gasteiger partial charge is 0.321 e. The lowest BCUT2D eigenvalue weighted by Gasteiger charge is -2.31. The summed E-state index contributed by atoms with van der Waals surface area (Å²) in [5.74, 6) is 1.78. The van der Waals surface area contributed by atoms with Gasteiger partial charge in [0.05, 0.1) is 5.69 Å². The molecule has 2 aromatic heterocycles. The van der Waals surface area contributed by atoms with E-state index < -0.39 is 0 Å². The van der Waals surface area contributed by atoms with E-state index >= 15 is 0 Å². The fourth-order valence-corrected chi connectivity index (χ4v) is 3.27. The summed E-state index contributed by atoms with van der Waals surface area (Å²) in [5, 5.41) is 17.0. The molecule has 0 saturated carbocycles. The van der Waals surface area contributed by atoms with Crippen molar-refractivity contribution >= 4 is 11.7 Å². The predicted molar refractivity (Wildman–Crippen MR) is 97.7 cm³/mol. The molecule has 1 atom stereocenters. The van der Waals surface area contributed by atoms with Crippen LogP contribution in [0.4, 0.5) is 10.5 Å². The molecule has 0 aliphatic carbocycles. The summed E-state index contributed by atoms with van der Waals surface area (Å²) in [5.41, 5.74) is 2.75. The van der Waals surface area contributed by atoms with Crippen molar-refractivity contribution in [1.82, 2.24) is 30.3 Å². The second kappa shape index (κ2) is 6.99. The number of aromatic amines is 2. The molecule has 0 radical (unpaired) electrons. The Hall–Kier alpha value is -3.16. The van der Waals surface area contributed by atoms with Gasteiger partial charge in [-0.25, -0.2) is 9.78 Å². The SMILES string of the molecule is Cc1nc([C@H]2CCCN(C(=O)Nc3ccc(-c4ccn[nH]4)cc3)C2)n[nH]1. The van der Waals surface area contributed by atoms with Gasteiger partial charge in [-0.05, 0) is 43.5 Å². The molecular weight excluding hydrogens is 330 g/mol. The number of urea groups is 1. The summed E-state index contributed by atoms with van der Waals surface area (Å²) in [4.78, 5) is 18.9. The lowest BCUT2D eigenvalue weighted by atomic mass is 9.97. The number of likely N-dealkylation sites (tertiary alicyclic amines) is 1. The summed E-state index contributed by atoms with van der Waals surface area (Å²) in [6, 6.07) is 9.53. The summed E-state index contributed by atoms with van der Waals surface area (Å²) < 4.78 is 0. The number of piperidine rings is 1. The van der Waals surface area contributed by atoms with Gasteiger partial charge in [0.2, 0.25) is 0 Å². The highest BCUT2D eigenvalue weighted by Gasteiger charge is 2.27. The van der Waals surface area contributed by atoms with E-state index in [9.17, 15) is 4.79 Å². The lowest BCUT2D eigenvalue weighted by Crippen LogP contribution is -2.41. The van der Waals surface area contributed by atoms with Gasteiger partial charge in [-0.2, -0.15) is 10.2 Å². The van der Waals surface area contributed by atoms with E-state index in [0.717, 1.165) is 48.0 Å². The largest absolute Gasteiger partial charge is 0.324 e. The van der Waals surface area contributed by atoms with Gasteiger partial charge in [0.15, 0.2) is 5.82 Å². The Labute approximate surface area is 151 Å². The van der Waals surface area contributed by atoms with E-state index in [4.69, 9.17) is 0 Å². The molecule has 1 aromatic carbocycles. The Morgan fingerprint density at radius 2 is 2.08 bits per heavy atom. The molecular formula is C18H21N7O. The number of H-pyrrole nitrogens is 2. The third-order valence-corrected chi connectivity index (χ3v) is 4.64. The first-order valence-electron chi connectivity index (χ1n) is 8.73. The van der Waals surface area contributed by atoms with Gasteiger partial charge >= 0.3 is 6.03 Å². The zero-order chi connectivity index (χ0) is 17.9. The molecule has 3 aromatic rings. The molecule has 1 saturated heterocycles. The second-order valence-electron chi connectivity index (χ2n) is 6.54. The van der Waals surface area contributed by atoms with Crippen LogP contribution in [-0.4, -0.2) is 49.4 Å². The molecule has 3 heterocycles. The van der Waals surface area contributed by atoms with Crippen LogP contribution in [-0.2, 0) is 0 Å². The molecule has 0 spiro atoms. The van der Waals surface area contributed by atoms with E-state index in [1.165, 1.54) is 0 Å². The number of hydrogen-bond donors (Lipinski definition) is 3. The van der Waals surface area contributed by atoms with E-state index in [-0.39, 0.29) is 11.9 Å². The minimum absolute atomic E-state index is 0.0868. The third-order valence-electron chi connectivity index (χ3n) is 4.64. The zero-order valence-electron chi connectivity index (χ0n) is 14.6. The van der Waals surface area contributed by atoms with Crippen LogP contribution >= 0.6 is 0 Å². The highest BCUT2D eigenvalue weighted by molar-refractivity contribution is 5.89. The zero-order valence-corrected chi connectivity index (χ0v) is 14.6. The Morgan fingerprint density at radius 3 is 2.77 bits per heavy atom. The summed E-state index contributed by atoms with van der Waals surface area (Å²) in [6.07, 6.45) is 3.66. The van der Waals surface area contributed by atoms with E-state index in [2.05, 4.69) is 30.7 Å². The number of aromatic nitrogens is 5. The third kappa shape index (κ3) is 3.44. The topological polar surface area (TPSA) is 103 Å². The van der Waals surface area contributed by atoms with Gasteiger partial charge in [-0.15, -0.1) is 0 Å². The van der Waals surface area contributed by atoms with Gasteiger partial charge in [0.1, 0.15) is 5.82 Å². The average molecular weight is 351 g/mol. The van der Waals surface area contributed by atoms with Gasteiger partial charge in [0, 0.05) is 30.9 Å². The van der Waals surface area contributed by atoms with Crippen LogP contribution in [0.15, 0.2) is 36.5 Å². The van der Waals surface area contributed by atoms with Crippen LogP contribution in [0, 0.1) is 6.92 Å². The highest BCUT2D eigenvalue weighted by Crippen LogP contribution is 2.25. The van der Waals surface area contributed by atoms with Gasteiger partial charge in [0.25, 0.3) is 0 Å². The minimum Gasteiger partial charge on any atom is -0.324 e. The maximum absolute atomic E-state index is 12.6. The average Bonchev–Trinajstić information content (AvgIpc) is 3.34. The van der Waals surface area contributed by atoms with Crippen molar-refractivity contribution in [3.63, 3.8) is 0 Å². The first-order valence-corrected chi connectivity index (χ1v) is 8.73. The number of rotatable bonds is 3. The number of benzene rings is 1. The van der Waals surface area contributed by atoms with Gasteiger partial charge in [-0.1, -0.05) is 12.1 Å². The summed E-state index contributed by atoms with van der Waals surface area (Å²) in [7, 11) is 0. The standard InChI is InChI=1S/C18H21N7O/c1-12-20-17(24-22-12)14-3-2-10-25(11-14)18(26)21-15-6-4-13(5-7-15)16-8-9-19-23-16/h4-9,14H,2-3,10-11H2,1H3,(H,19,23)(H,21,26)(H,20,22,24)/t14-/m0/s1. The van der Waals surface area contributed by atoms with Crippen LogP contribution in [0.2, 0.25) is 0 Å². The second-order valence-corrected chi connectivity index (χ2v) is 6.54. The molecule has 1 aliphatic rings. The number of amides is 2. The molecule has 8 nitrogen and oxygen atoms in total. The minimum atomic E-state index is -0.0868. The number of hydrogen-bond acceptors (Lipinski definition) is 4. The van der Waals surface area contributed by atoms with E-state index in [1.807, 2.05) is 42.2 Å².